The van der Waals surface area contributed by atoms with Crippen molar-refractivity contribution in [2.45, 2.75) is 98.3 Å². The fourth-order valence-electron chi connectivity index (χ4n) is 6.40. The number of nitrogens with zero attached hydrogens (tertiary/aromatic N) is 3. The molecule has 0 aliphatic carbocycles. The molecule has 1 aromatic carbocycles. The summed E-state index contributed by atoms with van der Waals surface area (Å²) in [7, 11) is 0. The van der Waals surface area contributed by atoms with E-state index in [0.717, 1.165) is 62.2 Å². The first-order chi connectivity index (χ1) is 20.2. The Morgan fingerprint density at radius 3 is 2.50 bits per heavy atom. The number of Topliss-reactive ketones (excluding diaryl/α,β-unsaturated/α-hetero) is 1. The fourth-order valence-corrected chi connectivity index (χ4v) is 7.10. The number of benzene rings is 1. The molecular weight excluding hydrogens is 544 g/mol. The summed E-state index contributed by atoms with van der Waals surface area (Å²) < 4.78 is 8.20. The molecular formula is C34H50N4O3S. The van der Waals surface area contributed by atoms with E-state index >= 15 is 0 Å². The van der Waals surface area contributed by atoms with Gasteiger partial charge in [-0.3, -0.25) is 14.5 Å². The van der Waals surface area contributed by atoms with Crippen LogP contribution in [0.2, 0.25) is 0 Å². The van der Waals surface area contributed by atoms with Gasteiger partial charge in [-0.1, -0.05) is 33.8 Å². The Hall–Kier alpha value is -2.55. The topological polar surface area (TPSA) is 76.5 Å². The van der Waals surface area contributed by atoms with Crippen molar-refractivity contribution >= 4 is 34.1 Å². The molecule has 1 saturated heterocycles. The molecule has 0 bridgehead atoms. The maximum Gasteiger partial charge on any atom is 0.223 e. The number of carbonyl (C=O) groups is 2. The zero-order valence-electron chi connectivity index (χ0n) is 26.4. The normalized spacial score (nSPS) is 18.7. The maximum absolute atomic E-state index is 13.5. The Balaban J connectivity index is 1.43. The van der Waals surface area contributed by atoms with Crippen LogP contribution in [0.1, 0.15) is 101 Å². The Morgan fingerprint density at radius 2 is 1.86 bits per heavy atom. The summed E-state index contributed by atoms with van der Waals surface area (Å²) in [5.41, 5.74) is 2.57. The predicted octanol–water partition coefficient (Wildman–Crippen LogP) is 6.90. The molecule has 3 aromatic rings. The number of ketones is 1. The third-order valence-electron chi connectivity index (χ3n) is 8.31. The zero-order valence-corrected chi connectivity index (χ0v) is 27.2. The lowest BCUT2D eigenvalue weighted by Gasteiger charge is -2.35. The van der Waals surface area contributed by atoms with Crippen LogP contribution < -0.4 is 5.32 Å². The minimum atomic E-state index is -0.340. The summed E-state index contributed by atoms with van der Waals surface area (Å²) in [6.07, 6.45) is 5.10. The Labute approximate surface area is 256 Å². The minimum absolute atomic E-state index is 0.00545. The van der Waals surface area contributed by atoms with E-state index in [-0.39, 0.29) is 36.2 Å². The predicted molar refractivity (Wildman–Crippen MR) is 172 cm³/mol. The van der Waals surface area contributed by atoms with Crippen LogP contribution in [0.4, 0.5) is 0 Å². The van der Waals surface area contributed by atoms with Crippen molar-refractivity contribution in [3.8, 4) is 0 Å². The van der Waals surface area contributed by atoms with Crippen molar-refractivity contribution in [2.24, 2.45) is 11.8 Å². The summed E-state index contributed by atoms with van der Waals surface area (Å²) >= 11 is 1.75. The number of hydrogen-bond donors (Lipinski definition) is 1. The standard InChI is InChI=1S/C34H50N4O3S/c1-7-28(8-2)38-31-13-12-26(18-30(31)36-33(38)20-29-11-9-16-42-29)32(39)19-27(17-23(3)4)34(40)35-14-10-15-37-21-24(5)41-25(6)22-37/h9,11-13,16,18,23-25,27-28H,7-8,10,14-15,17,19-22H2,1-6H3,(H,35,40)/t24?,25?,27-/m1/s1. The number of amides is 1. The van der Waals surface area contributed by atoms with Crippen LogP contribution in [0.3, 0.4) is 0 Å². The molecule has 1 N–H and O–H groups in total. The van der Waals surface area contributed by atoms with E-state index in [1.54, 1.807) is 11.3 Å². The van der Waals surface area contributed by atoms with E-state index in [0.29, 0.717) is 30.5 Å². The third-order valence-corrected chi connectivity index (χ3v) is 9.19. The average molecular weight is 595 g/mol. The van der Waals surface area contributed by atoms with Gasteiger partial charge in [0.25, 0.3) is 0 Å². The number of carbonyl (C=O) groups excluding carboxylic acids is 2. The van der Waals surface area contributed by atoms with Gasteiger partial charge in [0, 0.05) is 61.4 Å². The third kappa shape index (κ3) is 8.51. The lowest BCUT2D eigenvalue weighted by molar-refractivity contribution is -0.125. The van der Waals surface area contributed by atoms with Crippen LogP contribution in [0, 0.1) is 11.8 Å². The van der Waals surface area contributed by atoms with Crippen molar-refractivity contribution in [3.05, 3.63) is 52.0 Å². The first-order valence-electron chi connectivity index (χ1n) is 15.9. The summed E-state index contributed by atoms with van der Waals surface area (Å²) in [4.78, 5) is 35.5. The van der Waals surface area contributed by atoms with Gasteiger partial charge in [0.2, 0.25) is 5.91 Å². The molecule has 1 fully saturated rings. The Morgan fingerprint density at radius 1 is 1.12 bits per heavy atom. The number of hydrogen-bond acceptors (Lipinski definition) is 6. The van der Waals surface area contributed by atoms with Gasteiger partial charge in [-0.15, -0.1) is 11.3 Å². The molecule has 7 nitrogen and oxygen atoms in total. The summed E-state index contributed by atoms with van der Waals surface area (Å²) in [5, 5.41) is 5.23. The van der Waals surface area contributed by atoms with Crippen LogP contribution in [0.5, 0.6) is 0 Å². The van der Waals surface area contributed by atoms with E-state index in [1.807, 2.05) is 12.1 Å². The highest BCUT2D eigenvalue weighted by atomic mass is 32.1. The first-order valence-corrected chi connectivity index (χ1v) is 16.8. The average Bonchev–Trinajstić information content (AvgIpc) is 3.58. The summed E-state index contributed by atoms with van der Waals surface area (Å²) in [5.74, 6) is 1.02. The largest absolute Gasteiger partial charge is 0.373 e. The van der Waals surface area contributed by atoms with Crippen molar-refractivity contribution in [2.75, 3.05) is 26.2 Å². The van der Waals surface area contributed by atoms with Crippen LogP contribution in [0.15, 0.2) is 35.7 Å². The van der Waals surface area contributed by atoms with Gasteiger partial charge in [-0.25, -0.2) is 4.98 Å². The molecule has 3 atom stereocenters. The molecule has 230 valence electrons. The molecule has 42 heavy (non-hydrogen) atoms. The van der Waals surface area contributed by atoms with E-state index in [2.05, 4.69) is 79.9 Å². The van der Waals surface area contributed by atoms with Gasteiger partial charge in [-0.2, -0.15) is 0 Å². The second-order valence-electron chi connectivity index (χ2n) is 12.4. The Kier molecular flexibility index (Phi) is 11.8. The van der Waals surface area contributed by atoms with Gasteiger partial charge in [0.15, 0.2) is 5.78 Å². The number of imidazole rings is 1. The zero-order chi connectivity index (χ0) is 30.2. The van der Waals surface area contributed by atoms with E-state index in [4.69, 9.17) is 9.72 Å². The number of aromatic nitrogens is 2. The molecule has 3 heterocycles. The van der Waals surface area contributed by atoms with Crippen molar-refractivity contribution in [1.82, 2.24) is 19.8 Å². The van der Waals surface area contributed by atoms with Gasteiger partial charge >= 0.3 is 0 Å². The SMILES string of the molecule is CCC(CC)n1c(Cc2cccs2)nc2cc(C(=O)C[C@@H](CC(C)C)C(=O)NCCCN3CC(C)OC(C)C3)ccc21. The van der Waals surface area contributed by atoms with Gasteiger partial charge in [-0.05, 0) is 75.1 Å². The van der Waals surface area contributed by atoms with Crippen molar-refractivity contribution in [1.29, 1.82) is 0 Å². The van der Waals surface area contributed by atoms with Gasteiger partial charge in [0.05, 0.1) is 23.2 Å². The molecule has 1 aliphatic heterocycles. The highest BCUT2D eigenvalue weighted by molar-refractivity contribution is 7.09. The lowest BCUT2D eigenvalue weighted by atomic mass is 9.89. The number of morpholine rings is 1. The van der Waals surface area contributed by atoms with Crippen LogP contribution in [0.25, 0.3) is 11.0 Å². The second kappa shape index (κ2) is 15.3. The van der Waals surface area contributed by atoms with Crippen LogP contribution in [-0.2, 0) is 16.0 Å². The monoisotopic (exact) mass is 594 g/mol. The van der Waals surface area contributed by atoms with Gasteiger partial charge in [0.1, 0.15) is 5.82 Å². The number of thiophene rings is 1. The minimum Gasteiger partial charge on any atom is -0.373 e. The smallest absolute Gasteiger partial charge is 0.223 e. The lowest BCUT2D eigenvalue weighted by Crippen LogP contribution is -2.46. The number of nitrogens with one attached hydrogen (secondary N) is 1. The molecule has 2 aromatic heterocycles. The van der Waals surface area contributed by atoms with Gasteiger partial charge < -0.3 is 14.6 Å². The highest BCUT2D eigenvalue weighted by Crippen LogP contribution is 2.29. The maximum atomic E-state index is 13.5. The fraction of sp³-hybridized carbons (Fsp3) is 0.618. The molecule has 0 spiro atoms. The molecule has 1 amide bonds. The van der Waals surface area contributed by atoms with E-state index in [9.17, 15) is 9.59 Å². The summed E-state index contributed by atoms with van der Waals surface area (Å²) in [6.45, 7) is 16.3. The molecule has 0 saturated carbocycles. The van der Waals surface area contributed by atoms with E-state index in [1.165, 1.54) is 4.88 Å². The molecule has 2 unspecified atom stereocenters. The van der Waals surface area contributed by atoms with Crippen LogP contribution >= 0.6 is 11.3 Å². The van der Waals surface area contributed by atoms with Crippen molar-refractivity contribution < 1.29 is 14.3 Å². The molecule has 0 radical (unpaired) electrons. The molecule has 4 rings (SSSR count). The van der Waals surface area contributed by atoms with Crippen LogP contribution in [-0.4, -0.2) is 64.5 Å². The van der Waals surface area contributed by atoms with Crippen molar-refractivity contribution in [3.63, 3.8) is 0 Å². The molecule has 1 aliphatic rings. The quantitative estimate of drug-likeness (QED) is 0.153. The number of rotatable bonds is 15. The second-order valence-corrected chi connectivity index (χ2v) is 13.5. The molecule has 8 heteroatoms. The first kappa shape index (κ1) is 32.4. The number of fused-ring (bicyclic) bond motifs is 1. The highest BCUT2D eigenvalue weighted by Gasteiger charge is 2.26. The van der Waals surface area contributed by atoms with E-state index < -0.39 is 0 Å². The summed E-state index contributed by atoms with van der Waals surface area (Å²) in [6, 6.07) is 10.5. The Bertz CT molecular complexity index is 1290. The number of ether oxygens (including phenoxy) is 1.